The normalized spacial score (nSPS) is 15.3. The van der Waals surface area contributed by atoms with Gasteiger partial charge in [-0.15, -0.1) is 0 Å². The van der Waals surface area contributed by atoms with Crippen LogP contribution in [-0.2, 0) is 6.42 Å². The number of ether oxygens (including phenoxy) is 1. The highest BCUT2D eigenvalue weighted by molar-refractivity contribution is 5.57. The van der Waals surface area contributed by atoms with Crippen LogP contribution in [0, 0.1) is 0 Å². The first-order valence-corrected chi connectivity index (χ1v) is 7.18. The molecule has 0 unspecified atom stereocenters. The summed E-state index contributed by atoms with van der Waals surface area (Å²) in [5.41, 5.74) is 4.23. The van der Waals surface area contributed by atoms with Crippen molar-refractivity contribution in [1.82, 2.24) is 5.32 Å². The zero-order valence-electron chi connectivity index (χ0n) is 12.5. The van der Waals surface area contributed by atoms with E-state index in [9.17, 15) is 0 Å². The summed E-state index contributed by atoms with van der Waals surface area (Å²) in [5.74, 6) is 1.06. The summed E-state index contributed by atoms with van der Waals surface area (Å²) < 4.78 is 5.54. The van der Waals surface area contributed by atoms with Gasteiger partial charge in [-0.25, -0.2) is 0 Å². The van der Waals surface area contributed by atoms with Crippen molar-refractivity contribution < 1.29 is 4.74 Å². The molecule has 2 nitrogen and oxygen atoms in total. The van der Waals surface area contributed by atoms with E-state index in [1.165, 1.54) is 16.7 Å². The molecule has 0 atom stereocenters. The van der Waals surface area contributed by atoms with Crippen molar-refractivity contribution in [1.29, 1.82) is 0 Å². The molecule has 1 aromatic carbocycles. The van der Waals surface area contributed by atoms with Crippen molar-refractivity contribution in [2.75, 3.05) is 13.2 Å². The summed E-state index contributed by atoms with van der Waals surface area (Å²) in [6, 6.07) is 6.50. The van der Waals surface area contributed by atoms with Gasteiger partial charge in [0.05, 0.1) is 6.61 Å². The summed E-state index contributed by atoms with van der Waals surface area (Å²) in [5, 5.41) is 3.55. The quantitative estimate of drug-likeness (QED) is 0.888. The van der Waals surface area contributed by atoms with Crippen LogP contribution in [0.1, 0.15) is 45.2 Å². The van der Waals surface area contributed by atoms with Gasteiger partial charge in [-0.3, -0.25) is 0 Å². The fraction of sp³-hybridized carbons (Fsp3) is 0.529. The number of benzene rings is 1. The molecular weight excluding hydrogens is 234 g/mol. The Hall–Kier alpha value is -1.28. The van der Waals surface area contributed by atoms with E-state index in [-0.39, 0.29) is 5.54 Å². The monoisotopic (exact) mass is 259 g/mol. The SMILES string of the molecule is CCC(=Cc1ccc2c(c1)CCO2)CNC(C)(C)C. The molecule has 1 aromatic rings. The third kappa shape index (κ3) is 4.10. The highest BCUT2D eigenvalue weighted by Crippen LogP contribution is 2.26. The number of hydrogen-bond acceptors (Lipinski definition) is 2. The van der Waals surface area contributed by atoms with Gasteiger partial charge in [-0.05, 0) is 50.5 Å². The van der Waals surface area contributed by atoms with E-state index in [1.54, 1.807) is 0 Å². The average Bonchev–Trinajstić information content (AvgIpc) is 2.80. The lowest BCUT2D eigenvalue weighted by atomic mass is 10.0. The molecule has 1 heterocycles. The second-order valence-corrected chi connectivity index (χ2v) is 6.23. The molecule has 0 saturated heterocycles. The zero-order chi connectivity index (χ0) is 13.9. The van der Waals surface area contributed by atoms with Gasteiger partial charge in [-0.2, -0.15) is 0 Å². The highest BCUT2D eigenvalue weighted by atomic mass is 16.5. The van der Waals surface area contributed by atoms with E-state index < -0.39 is 0 Å². The van der Waals surface area contributed by atoms with Crippen molar-refractivity contribution >= 4 is 6.08 Å². The second kappa shape index (κ2) is 5.79. The Balaban J connectivity index is 2.09. The number of hydrogen-bond donors (Lipinski definition) is 1. The average molecular weight is 259 g/mol. The van der Waals surface area contributed by atoms with Gasteiger partial charge in [0.1, 0.15) is 5.75 Å². The minimum Gasteiger partial charge on any atom is -0.493 e. The van der Waals surface area contributed by atoms with Gasteiger partial charge in [0.25, 0.3) is 0 Å². The van der Waals surface area contributed by atoms with E-state index in [0.717, 1.165) is 31.7 Å². The van der Waals surface area contributed by atoms with E-state index >= 15 is 0 Å². The topological polar surface area (TPSA) is 21.3 Å². The van der Waals surface area contributed by atoms with Crippen LogP contribution in [0.15, 0.2) is 23.8 Å². The molecule has 1 aliphatic heterocycles. The fourth-order valence-electron chi connectivity index (χ4n) is 2.19. The lowest BCUT2D eigenvalue weighted by Crippen LogP contribution is -2.36. The lowest BCUT2D eigenvalue weighted by molar-refractivity contribution is 0.357. The second-order valence-electron chi connectivity index (χ2n) is 6.23. The van der Waals surface area contributed by atoms with E-state index in [2.05, 4.69) is 57.3 Å². The zero-order valence-corrected chi connectivity index (χ0v) is 12.5. The van der Waals surface area contributed by atoms with Crippen LogP contribution in [0.25, 0.3) is 6.08 Å². The maximum absolute atomic E-state index is 5.54. The van der Waals surface area contributed by atoms with Gasteiger partial charge in [0.15, 0.2) is 0 Å². The van der Waals surface area contributed by atoms with Crippen LogP contribution in [0.5, 0.6) is 5.75 Å². The van der Waals surface area contributed by atoms with Crippen LogP contribution in [-0.4, -0.2) is 18.7 Å². The Bertz CT molecular complexity index is 469. The predicted molar refractivity (Wildman–Crippen MR) is 81.7 cm³/mol. The van der Waals surface area contributed by atoms with Crippen molar-refractivity contribution in [2.24, 2.45) is 0 Å². The third-order valence-corrected chi connectivity index (χ3v) is 3.38. The third-order valence-electron chi connectivity index (χ3n) is 3.38. The molecule has 0 fully saturated rings. The molecule has 0 amide bonds. The summed E-state index contributed by atoms with van der Waals surface area (Å²) in [6.07, 6.45) is 4.42. The van der Waals surface area contributed by atoms with Crippen LogP contribution >= 0.6 is 0 Å². The largest absolute Gasteiger partial charge is 0.493 e. The minimum absolute atomic E-state index is 0.167. The summed E-state index contributed by atoms with van der Waals surface area (Å²) >= 11 is 0. The van der Waals surface area contributed by atoms with Crippen molar-refractivity contribution in [3.05, 3.63) is 34.9 Å². The summed E-state index contributed by atoms with van der Waals surface area (Å²) in [7, 11) is 0. The fourth-order valence-corrected chi connectivity index (χ4v) is 2.19. The molecule has 0 aromatic heterocycles. The standard InChI is InChI=1S/C17H25NO/c1-5-13(12-18-17(2,3)4)10-14-6-7-16-15(11-14)8-9-19-16/h6-7,10-11,18H,5,8-9,12H2,1-4H3. The van der Waals surface area contributed by atoms with Gasteiger partial charge in [0, 0.05) is 18.5 Å². The van der Waals surface area contributed by atoms with Crippen molar-refractivity contribution in [2.45, 2.75) is 46.1 Å². The van der Waals surface area contributed by atoms with Gasteiger partial charge < -0.3 is 10.1 Å². The van der Waals surface area contributed by atoms with Crippen LogP contribution in [0.4, 0.5) is 0 Å². The Morgan fingerprint density at radius 2 is 2.16 bits per heavy atom. The number of fused-ring (bicyclic) bond motifs is 1. The van der Waals surface area contributed by atoms with Crippen LogP contribution in [0.2, 0.25) is 0 Å². The van der Waals surface area contributed by atoms with Crippen molar-refractivity contribution in [3.63, 3.8) is 0 Å². The lowest BCUT2D eigenvalue weighted by Gasteiger charge is -2.21. The number of rotatable bonds is 4. The molecule has 0 bridgehead atoms. The first-order valence-electron chi connectivity index (χ1n) is 7.18. The maximum Gasteiger partial charge on any atom is 0.122 e. The summed E-state index contributed by atoms with van der Waals surface area (Å²) in [6.45, 7) is 10.6. The van der Waals surface area contributed by atoms with E-state index in [1.807, 2.05) is 0 Å². The molecule has 19 heavy (non-hydrogen) atoms. The Kier molecular flexibility index (Phi) is 4.31. The molecule has 2 heteroatoms. The van der Waals surface area contributed by atoms with Gasteiger partial charge in [-0.1, -0.05) is 24.6 Å². The maximum atomic E-state index is 5.54. The molecule has 1 aliphatic rings. The minimum atomic E-state index is 0.167. The molecule has 0 spiro atoms. The Morgan fingerprint density at radius 3 is 2.84 bits per heavy atom. The molecule has 1 N–H and O–H groups in total. The Labute approximate surface area is 116 Å². The first-order chi connectivity index (χ1) is 8.98. The van der Waals surface area contributed by atoms with E-state index in [4.69, 9.17) is 4.74 Å². The van der Waals surface area contributed by atoms with Crippen molar-refractivity contribution in [3.8, 4) is 5.75 Å². The molecular formula is C17H25NO. The number of nitrogens with one attached hydrogen (secondary N) is 1. The summed E-state index contributed by atoms with van der Waals surface area (Å²) in [4.78, 5) is 0. The molecule has 0 saturated carbocycles. The molecule has 104 valence electrons. The highest BCUT2D eigenvalue weighted by Gasteiger charge is 2.12. The molecule has 0 radical (unpaired) electrons. The smallest absolute Gasteiger partial charge is 0.122 e. The van der Waals surface area contributed by atoms with Gasteiger partial charge in [0.2, 0.25) is 0 Å². The predicted octanol–water partition coefficient (Wildman–Crippen LogP) is 3.80. The molecule has 0 aliphatic carbocycles. The molecule has 2 rings (SSSR count). The van der Waals surface area contributed by atoms with Gasteiger partial charge >= 0.3 is 0 Å². The van der Waals surface area contributed by atoms with E-state index in [0.29, 0.717) is 0 Å². The first kappa shape index (κ1) is 14.1. The Morgan fingerprint density at radius 1 is 1.37 bits per heavy atom. The van der Waals surface area contributed by atoms with Crippen LogP contribution < -0.4 is 10.1 Å². The van der Waals surface area contributed by atoms with Crippen LogP contribution in [0.3, 0.4) is 0 Å².